The van der Waals surface area contributed by atoms with E-state index in [2.05, 4.69) is 11.2 Å². The van der Waals surface area contributed by atoms with Crippen LogP contribution < -0.4 is 10.6 Å². The number of rotatable bonds is 4. The number of hydrogen-bond acceptors (Lipinski definition) is 5. The Morgan fingerprint density at radius 2 is 2.06 bits per heavy atom. The quantitative estimate of drug-likeness (QED) is 0.922. The molecule has 0 amide bonds. The number of anilines is 1. The van der Waals surface area contributed by atoms with Gasteiger partial charge in [-0.1, -0.05) is 0 Å². The van der Waals surface area contributed by atoms with Crippen LogP contribution in [0.25, 0.3) is 0 Å². The van der Waals surface area contributed by atoms with Crippen molar-refractivity contribution in [2.45, 2.75) is 43.4 Å². The summed E-state index contributed by atoms with van der Waals surface area (Å²) < 4.78 is 0. The van der Waals surface area contributed by atoms with E-state index >= 15 is 0 Å². The first-order valence-corrected chi connectivity index (χ1v) is 8.89. The summed E-state index contributed by atoms with van der Waals surface area (Å²) in [6.07, 6.45) is 7.42. The van der Waals surface area contributed by atoms with Crippen molar-refractivity contribution in [3.05, 3.63) is 10.6 Å². The standard InChI is InChI=1S/C13H21N3S2/c1-17-10-4-6-16(7-5-10)13-15-12(9-2-3-9)11(8-14)18-13/h9-10H,2-8,14H2,1H3. The van der Waals surface area contributed by atoms with E-state index in [9.17, 15) is 0 Å². The van der Waals surface area contributed by atoms with Gasteiger partial charge in [-0.3, -0.25) is 0 Å². The van der Waals surface area contributed by atoms with E-state index in [0.717, 1.165) is 24.3 Å². The third-order valence-corrected chi connectivity index (χ3v) is 6.20. The minimum atomic E-state index is 0.658. The van der Waals surface area contributed by atoms with Gasteiger partial charge in [0.1, 0.15) is 0 Å². The summed E-state index contributed by atoms with van der Waals surface area (Å²) in [7, 11) is 0. The summed E-state index contributed by atoms with van der Waals surface area (Å²) in [6, 6.07) is 0. The molecule has 1 aromatic rings. The molecule has 0 bridgehead atoms. The van der Waals surface area contributed by atoms with Crippen molar-refractivity contribution in [2.75, 3.05) is 24.2 Å². The highest BCUT2D eigenvalue weighted by Crippen LogP contribution is 2.44. The summed E-state index contributed by atoms with van der Waals surface area (Å²) in [5.41, 5.74) is 7.16. The molecule has 0 radical (unpaired) electrons. The Bertz CT molecular complexity index is 406. The van der Waals surface area contributed by atoms with Crippen molar-refractivity contribution < 1.29 is 0 Å². The maximum atomic E-state index is 5.85. The third kappa shape index (κ3) is 2.53. The summed E-state index contributed by atoms with van der Waals surface area (Å²) in [5.74, 6) is 0.720. The van der Waals surface area contributed by atoms with Crippen LogP contribution in [0.5, 0.6) is 0 Å². The molecule has 0 aromatic carbocycles. The van der Waals surface area contributed by atoms with Gasteiger partial charge >= 0.3 is 0 Å². The van der Waals surface area contributed by atoms with Crippen molar-refractivity contribution >= 4 is 28.2 Å². The van der Waals surface area contributed by atoms with Gasteiger partial charge in [-0.15, -0.1) is 11.3 Å². The molecule has 0 unspecified atom stereocenters. The molecule has 2 N–H and O–H groups in total. The van der Waals surface area contributed by atoms with Gasteiger partial charge in [-0.05, 0) is 31.9 Å². The van der Waals surface area contributed by atoms with Gasteiger partial charge in [0.25, 0.3) is 0 Å². The number of hydrogen-bond donors (Lipinski definition) is 1. The van der Waals surface area contributed by atoms with Crippen LogP contribution in [0.15, 0.2) is 0 Å². The first-order chi connectivity index (χ1) is 8.81. The van der Waals surface area contributed by atoms with E-state index in [1.807, 2.05) is 23.1 Å². The average molecular weight is 283 g/mol. The summed E-state index contributed by atoms with van der Waals surface area (Å²) >= 11 is 3.83. The Labute approximate surface area is 117 Å². The van der Waals surface area contributed by atoms with E-state index < -0.39 is 0 Å². The van der Waals surface area contributed by atoms with Crippen LogP contribution in [-0.2, 0) is 6.54 Å². The largest absolute Gasteiger partial charge is 0.348 e. The lowest BCUT2D eigenvalue weighted by molar-refractivity contribution is 0.590. The van der Waals surface area contributed by atoms with Crippen LogP contribution in [0.3, 0.4) is 0 Å². The SMILES string of the molecule is CSC1CCN(c2nc(C3CC3)c(CN)s2)CC1. The summed E-state index contributed by atoms with van der Waals surface area (Å²) in [6.45, 7) is 2.98. The highest BCUT2D eigenvalue weighted by molar-refractivity contribution is 7.99. The van der Waals surface area contributed by atoms with Crippen LogP contribution in [0, 0.1) is 0 Å². The van der Waals surface area contributed by atoms with Crippen LogP contribution in [0.4, 0.5) is 5.13 Å². The zero-order valence-electron chi connectivity index (χ0n) is 10.9. The second-order valence-corrected chi connectivity index (χ2v) is 7.41. The number of piperidine rings is 1. The molecule has 1 saturated heterocycles. The highest BCUT2D eigenvalue weighted by atomic mass is 32.2. The van der Waals surface area contributed by atoms with Gasteiger partial charge in [0.2, 0.25) is 0 Å². The lowest BCUT2D eigenvalue weighted by Gasteiger charge is -2.30. The van der Waals surface area contributed by atoms with Gasteiger partial charge < -0.3 is 10.6 Å². The number of thiazole rings is 1. The minimum Gasteiger partial charge on any atom is -0.348 e. The van der Waals surface area contributed by atoms with Crippen molar-refractivity contribution in [1.29, 1.82) is 0 Å². The molecule has 100 valence electrons. The molecule has 2 aliphatic rings. The lowest BCUT2D eigenvalue weighted by Crippen LogP contribution is -2.34. The number of aromatic nitrogens is 1. The number of thioether (sulfide) groups is 1. The molecule has 2 fully saturated rings. The monoisotopic (exact) mass is 283 g/mol. The molecule has 1 aromatic heterocycles. The molecule has 18 heavy (non-hydrogen) atoms. The van der Waals surface area contributed by atoms with Crippen LogP contribution in [-0.4, -0.2) is 29.6 Å². The second kappa shape index (κ2) is 5.39. The zero-order chi connectivity index (χ0) is 12.5. The van der Waals surface area contributed by atoms with Crippen LogP contribution in [0.2, 0.25) is 0 Å². The fourth-order valence-corrected chi connectivity index (χ4v) is 4.35. The van der Waals surface area contributed by atoms with Crippen molar-refractivity contribution in [3.8, 4) is 0 Å². The summed E-state index contributed by atoms with van der Waals surface area (Å²) in [4.78, 5) is 8.65. The third-order valence-electron chi connectivity index (χ3n) is 3.91. The zero-order valence-corrected chi connectivity index (χ0v) is 12.5. The van der Waals surface area contributed by atoms with Crippen molar-refractivity contribution in [1.82, 2.24) is 4.98 Å². The smallest absolute Gasteiger partial charge is 0.185 e. The Morgan fingerprint density at radius 1 is 1.33 bits per heavy atom. The number of nitrogens with zero attached hydrogens (tertiary/aromatic N) is 2. The normalized spacial score (nSPS) is 21.6. The Balaban J connectivity index is 1.72. The predicted octanol–water partition coefficient (Wildman–Crippen LogP) is 2.81. The average Bonchev–Trinajstić information content (AvgIpc) is 3.18. The van der Waals surface area contributed by atoms with Gasteiger partial charge in [-0.25, -0.2) is 4.98 Å². The molecule has 0 spiro atoms. The molecule has 3 rings (SSSR count). The maximum absolute atomic E-state index is 5.85. The molecule has 3 nitrogen and oxygen atoms in total. The molecule has 5 heteroatoms. The summed E-state index contributed by atoms with van der Waals surface area (Å²) in [5, 5.41) is 2.06. The lowest BCUT2D eigenvalue weighted by atomic mass is 10.1. The first kappa shape index (κ1) is 12.8. The van der Waals surface area contributed by atoms with E-state index in [1.165, 1.54) is 41.4 Å². The van der Waals surface area contributed by atoms with E-state index in [0.29, 0.717) is 6.54 Å². The second-order valence-electron chi connectivity index (χ2n) is 5.21. The molecule has 2 heterocycles. The van der Waals surface area contributed by atoms with Crippen molar-refractivity contribution in [3.63, 3.8) is 0 Å². The highest BCUT2D eigenvalue weighted by Gasteiger charge is 2.30. The molecule has 1 aliphatic heterocycles. The molecular weight excluding hydrogens is 262 g/mol. The fraction of sp³-hybridized carbons (Fsp3) is 0.769. The van der Waals surface area contributed by atoms with E-state index in [1.54, 1.807) is 0 Å². The Morgan fingerprint density at radius 3 is 2.61 bits per heavy atom. The van der Waals surface area contributed by atoms with E-state index in [-0.39, 0.29) is 0 Å². The molecule has 0 atom stereocenters. The number of nitrogens with two attached hydrogens (primary N) is 1. The molecule has 1 saturated carbocycles. The van der Waals surface area contributed by atoms with Gasteiger partial charge in [0.15, 0.2) is 5.13 Å². The Kier molecular flexibility index (Phi) is 3.82. The fourth-order valence-electron chi connectivity index (χ4n) is 2.59. The van der Waals surface area contributed by atoms with Crippen molar-refractivity contribution in [2.24, 2.45) is 5.73 Å². The van der Waals surface area contributed by atoms with Gasteiger partial charge in [-0.2, -0.15) is 11.8 Å². The van der Waals surface area contributed by atoms with Crippen LogP contribution in [0.1, 0.15) is 42.2 Å². The van der Waals surface area contributed by atoms with Crippen LogP contribution >= 0.6 is 23.1 Å². The first-order valence-electron chi connectivity index (χ1n) is 6.79. The topological polar surface area (TPSA) is 42.2 Å². The predicted molar refractivity (Wildman–Crippen MR) is 80.7 cm³/mol. The van der Waals surface area contributed by atoms with Gasteiger partial charge in [0, 0.05) is 35.7 Å². The Hall–Kier alpha value is -0.260. The van der Waals surface area contributed by atoms with Gasteiger partial charge in [0.05, 0.1) is 5.69 Å². The molecule has 1 aliphatic carbocycles. The minimum absolute atomic E-state index is 0.658. The molecular formula is C13H21N3S2. The van der Waals surface area contributed by atoms with E-state index in [4.69, 9.17) is 10.7 Å². The maximum Gasteiger partial charge on any atom is 0.185 e.